The van der Waals surface area contributed by atoms with E-state index < -0.39 is 18.0 Å². The number of amides is 5. The van der Waals surface area contributed by atoms with E-state index in [-0.39, 0.29) is 36.0 Å². The van der Waals surface area contributed by atoms with Crippen molar-refractivity contribution >= 4 is 46.8 Å². The molecule has 2 atom stereocenters. The highest BCUT2D eigenvalue weighted by atomic mass is 35.5. The lowest BCUT2D eigenvalue weighted by Gasteiger charge is -2.24. The zero-order valence-electron chi connectivity index (χ0n) is 21.2. The van der Waals surface area contributed by atoms with Crippen molar-refractivity contribution in [3.05, 3.63) is 41.5 Å². The molecule has 196 valence electrons. The van der Waals surface area contributed by atoms with Gasteiger partial charge in [0.2, 0.25) is 17.7 Å². The molecule has 1 aliphatic rings. The van der Waals surface area contributed by atoms with Gasteiger partial charge in [-0.05, 0) is 49.8 Å². The van der Waals surface area contributed by atoms with Crippen molar-refractivity contribution in [1.29, 1.82) is 0 Å². The molecule has 0 aliphatic carbocycles. The van der Waals surface area contributed by atoms with E-state index in [1.165, 1.54) is 17.1 Å². The van der Waals surface area contributed by atoms with E-state index in [1.54, 1.807) is 13.0 Å². The Kier molecular flexibility index (Phi) is 11.1. The van der Waals surface area contributed by atoms with Crippen LogP contribution in [0.3, 0.4) is 0 Å². The third kappa shape index (κ3) is 8.48. The minimum atomic E-state index is -0.812. The molecule has 10 heteroatoms. The second-order valence-corrected chi connectivity index (χ2v) is 9.53. The molecule has 1 aromatic rings. The van der Waals surface area contributed by atoms with Crippen molar-refractivity contribution in [1.82, 2.24) is 15.5 Å². The summed E-state index contributed by atoms with van der Waals surface area (Å²) in [6.45, 7) is 7.39. The van der Waals surface area contributed by atoms with Crippen LogP contribution in [0.1, 0.15) is 57.6 Å². The second-order valence-electron chi connectivity index (χ2n) is 9.26. The number of carbonyl (C=O) groups is 5. The van der Waals surface area contributed by atoms with Crippen molar-refractivity contribution in [2.45, 2.75) is 71.3 Å². The number of unbranched alkanes of at least 4 members (excludes halogenated alkanes) is 2. The lowest BCUT2D eigenvalue weighted by molar-refractivity contribution is -0.137. The van der Waals surface area contributed by atoms with E-state index >= 15 is 0 Å². The van der Waals surface area contributed by atoms with Gasteiger partial charge in [0.1, 0.15) is 12.1 Å². The largest absolute Gasteiger partial charge is 0.344 e. The first kappa shape index (κ1) is 29.0. The minimum absolute atomic E-state index is 0.186. The molecular weight excluding hydrogens is 484 g/mol. The molecule has 0 bridgehead atoms. The lowest BCUT2D eigenvalue weighted by atomic mass is 10.0. The maximum absolute atomic E-state index is 12.8. The average Bonchev–Trinajstić information content (AvgIpc) is 3.15. The van der Waals surface area contributed by atoms with Crippen LogP contribution in [0, 0.1) is 12.8 Å². The van der Waals surface area contributed by atoms with Crippen LogP contribution in [0.4, 0.5) is 5.69 Å². The van der Waals surface area contributed by atoms with Crippen LogP contribution in [-0.2, 0) is 29.9 Å². The van der Waals surface area contributed by atoms with Crippen molar-refractivity contribution in [3.8, 4) is 0 Å². The fourth-order valence-electron chi connectivity index (χ4n) is 3.72. The first-order chi connectivity index (χ1) is 17.0. The Hall–Kier alpha value is -3.20. The number of hydrogen-bond acceptors (Lipinski definition) is 5. The predicted molar refractivity (Wildman–Crippen MR) is 138 cm³/mol. The number of rotatable bonds is 13. The first-order valence-corrected chi connectivity index (χ1v) is 12.7. The Bertz CT molecular complexity index is 1010. The molecule has 1 heterocycles. The Morgan fingerprint density at radius 2 is 1.61 bits per heavy atom. The molecule has 1 aliphatic heterocycles. The van der Waals surface area contributed by atoms with Crippen molar-refractivity contribution < 1.29 is 24.0 Å². The minimum Gasteiger partial charge on any atom is -0.344 e. The van der Waals surface area contributed by atoms with Gasteiger partial charge in [-0.2, -0.15) is 0 Å². The van der Waals surface area contributed by atoms with Crippen molar-refractivity contribution in [2.75, 3.05) is 11.9 Å². The quantitative estimate of drug-likeness (QED) is 0.210. The van der Waals surface area contributed by atoms with Crippen molar-refractivity contribution in [3.63, 3.8) is 0 Å². The number of halogens is 1. The van der Waals surface area contributed by atoms with Crippen LogP contribution in [0.5, 0.6) is 0 Å². The number of aryl methyl sites for hydroxylation is 1. The summed E-state index contributed by atoms with van der Waals surface area (Å²) in [6.07, 6.45) is 4.52. The summed E-state index contributed by atoms with van der Waals surface area (Å²) in [7, 11) is 0. The Morgan fingerprint density at radius 1 is 0.944 bits per heavy atom. The standard InChI is InChI=1S/C26H35ClN4O5/c1-16(2)24(30-21(32)8-6-5-7-13-31-22(33)11-12-23(31)34)26(36)28-18(4)25(35)29-20-10-9-19(15-27)14-17(20)3/h9-12,14,16,18,24H,5-8,13,15H2,1-4H3,(H,28,36)(H,29,35)(H,30,32)/t18-,24-/m0/s1. The van der Waals surface area contributed by atoms with Gasteiger partial charge in [-0.1, -0.05) is 32.4 Å². The van der Waals surface area contributed by atoms with Crippen LogP contribution in [0.15, 0.2) is 30.4 Å². The van der Waals surface area contributed by atoms with E-state index in [0.717, 1.165) is 11.1 Å². The van der Waals surface area contributed by atoms with Gasteiger partial charge in [0, 0.05) is 36.7 Å². The number of nitrogens with one attached hydrogen (secondary N) is 3. The van der Waals surface area contributed by atoms with E-state index in [0.29, 0.717) is 37.4 Å². The zero-order chi connectivity index (χ0) is 26.8. The molecule has 5 amide bonds. The van der Waals surface area contributed by atoms with E-state index in [9.17, 15) is 24.0 Å². The molecule has 0 radical (unpaired) electrons. The maximum Gasteiger partial charge on any atom is 0.253 e. The third-order valence-electron chi connectivity index (χ3n) is 5.91. The number of benzene rings is 1. The second kappa shape index (κ2) is 13.8. The fourth-order valence-corrected chi connectivity index (χ4v) is 3.89. The van der Waals surface area contributed by atoms with Crippen LogP contribution >= 0.6 is 11.6 Å². The van der Waals surface area contributed by atoms with Gasteiger partial charge in [-0.25, -0.2) is 0 Å². The van der Waals surface area contributed by atoms with Gasteiger partial charge in [-0.3, -0.25) is 28.9 Å². The fraction of sp³-hybridized carbons (Fsp3) is 0.500. The highest BCUT2D eigenvalue weighted by Gasteiger charge is 2.27. The molecule has 0 aromatic heterocycles. The molecule has 9 nitrogen and oxygen atoms in total. The highest BCUT2D eigenvalue weighted by molar-refractivity contribution is 6.17. The maximum atomic E-state index is 12.8. The Morgan fingerprint density at radius 3 is 2.19 bits per heavy atom. The van der Waals surface area contributed by atoms with E-state index in [4.69, 9.17) is 11.6 Å². The molecule has 2 rings (SSSR count). The van der Waals surface area contributed by atoms with Gasteiger partial charge >= 0.3 is 0 Å². The van der Waals surface area contributed by atoms with Gasteiger partial charge in [0.15, 0.2) is 0 Å². The van der Waals surface area contributed by atoms with Gasteiger partial charge in [0.05, 0.1) is 0 Å². The van der Waals surface area contributed by atoms with Gasteiger partial charge in [0.25, 0.3) is 11.8 Å². The molecule has 0 unspecified atom stereocenters. The number of imide groups is 1. The van der Waals surface area contributed by atoms with Crippen LogP contribution < -0.4 is 16.0 Å². The topological polar surface area (TPSA) is 125 Å². The Labute approximate surface area is 217 Å². The summed E-state index contributed by atoms with van der Waals surface area (Å²) in [5.41, 5.74) is 2.44. The normalized spacial score (nSPS) is 14.7. The van der Waals surface area contributed by atoms with E-state index in [1.807, 2.05) is 32.9 Å². The summed E-state index contributed by atoms with van der Waals surface area (Å²) >= 11 is 5.84. The number of carbonyl (C=O) groups excluding carboxylic acids is 5. The Balaban J connectivity index is 1.78. The zero-order valence-corrected chi connectivity index (χ0v) is 22.0. The van der Waals surface area contributed by atoms with Gasteiger partial charge in [-0.15, -0.1) is 11.6 Å². The SMILES string of the molecule is Cc1cc(CCl)ccc1NC(=O)[C@H](C)NC(=O)[C@@H](NC(=O)CCCCCN1C(=O)C=CC1=O)C(C)C. The summed E-state index contributed by atoms with van der Waals surface area (Å²) in [5.74, 6) is -1.52. The number of nitrogens with zero attached hydrogens (tertiary/aromatic N) is 1. The third-order valence-corrected chi connectivity index (χ3v) is 6.22. The monoisotopic (exact) mass is 518 g/mol. The molecule has 3 N–H and O–H groups in total. The molecule has 36 heavy (non-hydrogen) atoms. The van der Waals surface area contributed by atoms with Crippen molar-refractivity contribution in [2.24, 2.45) is 5.92 Å². The smallest absolute Gasteiger partial charge is 0.253 e. The van der Waals surface area contributed by atoms with Crippen LogP contribution in [0.2, 0.25) is 0 Å². The van der Waals surface area contributed by atoms with Gasteiger partial charge < -0.3 is 16.0 Å². The predicted octanol–water partition coefficient (Wildman–Crippen LogP) is 2.80. The molecule has 0 spiro atoms. The summed E-state index contributed by atoms with van der Waals surface area (Å²) in [6, 6.07) is 3.88. The molecular formula is C26H35ClN4O5. The average molecular weight is 519 g/mol. The van der Waals surface area contributed by atoms with Crippen LogP contribution in [0.25, 0.3) is 0 Å². The summed E-state index contributed by atoms with van der Waals surface area (Å²) < 4.78 is 0. The number of hydrogen-bond donors (Lipinski definition) is 3. The van der Waals surface area contributed by atoms with E-state index in [2.05, 4.69) is 16.0 Å². The number of alkyl halides is 1. The highest BCUT2D eigenvalue weighted by Crippen LogP contribution is 2.18. The summed E-state index contributed by atoms with van der Waals surface area (Å²) in [5, 5.41) is 8.24. The molecule has 0 saturated carbocycles. The summed E-state index contributed by atoms with van der Waals surface area (Å²) in [4.78, 5) is 62.1. The molecule has 0 saturated heterocycles. The first-order valence-electron chi connectivity index (χ1n) is 12.1. The number of anilines is 1. The van der Waals surface area contributed by atoms with Crippen LogP contribution in [-0.4, -0.2) is 53.1 Å². The molecule has 0 fully saturated rings. The lowest BCUT2D eigenvalue weighted by Crippen LogP contribution is -2.53. The molecule has 1 aromatic carbocycles.